The summed E-state index contributed by atoms with van der Waals surface area (Å²) in [5.41, 5.74) is -5.65. The lowest BCUT2D eigenvalue weighted by Gasteiger charge is -2.42. The summed E-state index contributed by atoms with van der Waals surface area (Å²) in [6, 6.07) is 0. The molecule has 0 aromatic rings. The average molecular weight is 361 g/mol. The minimum atomic E-state index is -6.09. The molecule has 0 N–H and O–H groups in total. The molecule has 1 aliphatic rings. The number of halogens is 3. The van der Waals surface area contributed by atoms with Crippen molar-refractivity contribution in [1.82, 2.24) is 0 Å². The summed E-state index contributed by atoms with van der Waals surface area (Å²) < 4.78 is 60.4. The van der Waals surface area contributed by atoms with Crippen LogP contribution in [0.1, 0.15) is 65.2 Å². The van der Waals surface area contributed by atoms with Crippen LogP contribution < -0.4 is 0 Å². The molecule has 0 aromatic carbocycles. The molecule has 8 heteroatoms. The van der Waals surface area contributed by atoms with Crippen molar-refractivity contribution in [2.75, 3.05) is 26.2 Å². The quantitative estimate of drug-likeness (QED) is 0.298. The molecule has 0 radical (unpaired) electrons. The summed E-state index contributed by atoms with van der Waals surface area (Å²) in [5, 5.41) is 0. The van der Waals surface area contributed by atoms with E-state index in [1.165, 1.54) is 82.0 Å². The van der Waals surface area contributed by atoms with Crippen molar-refractivity contribution in [3.8, 4) is 0 Å². The fourth-order valence-corrected chi connectivity index (χ4v) is 2.93. The van der Waals surface area contributed by atoms with E-state index in [0.29, 0.717) is 0 Å². The van der Waals surface area contributed by atoms with Crippen LogP contribution >= 0.6 is 0 Å². The molecule has 1 heterocycles. The number of hydrogen-bond acceptors (Lipinski definition) is 3. The maximum absolute atomic E-state index is 10.7. The summed E-state index contributed by atoms with van der Waals surface area (Å²) in [7, 11) is -6.09. The highest BCUT2D eigenvalue weighted by atomic mass is 32.2. The van der Waals surface area contributed by atoms with E-state index in [1.807, 2.05) is 0 Å². The second-order valence-electron chi connectivity index (χ2n) is 6.26. The number of likely N-dealkylation sites (tertiary alicyclic amines) is 1. The van der Waals surface area contributed by atoms with Gasteiger partial charge >= 0.3 is 5.51 Å². The van der Waals surface area contributed by atoms with Crippen LogP contribution in [0.5, 0.6) is 0 Å². The minimum absolute atomic E-state index is 1.37. The molecule has 0 atom stereocenters. The molecule has 0 bridgehead atoms. The van der Waals surface area contributed by atoms with E-state index >= 15 is 0 Å². The first-order chi connectivity index (χ1) is 10.6. The summed E-state index contributed by atoms with van der Waals surface area (Å²) in [6.45, 7) is 10.5. The number of piperidine rings is 1. The van der Waals surface area contributed by atoms with Gasteiger partial charge in [0.1, 0.15) is 0 Å². The molecule has 4 nitrogen and oxygen atoms in total. The topological polar surface area (TPSA) is 57.2 Å². The Morgan fingerprint density at radius 3 is 1.74 bits per heavy atom. The minimum Gasteiger partial charge on any atom is -0.741 e. The Morgan fingerprint density at radius 2 is 1.35 bits per heavy atom. The molecular weight excluding hydrogens is 331 g/mol. The van der Waals surface area contributed by atoms with E-state index in [4.69, 9.17) is 13.0 Å². The molecular formula is C15H30F3NO3S. The third-order valence-corrected chi connectivity index (χ3v) is 4.84. The van der Waals surface area contributed by atoms with Crippen LogP contribution in [-0.2, 0) is 10.1 Å². The molecule has 0 unspecified atom stereocenters. The van der Waals surface area contributed by atoms with E-state index < -0.39 is 15.6 Å². The monoisotopic (exact) mass is 361 g/mol. The zero-order valence-corrected chi connectivity index (χ0v) is 15.0. The van der Waals surface area contributed by atoms with Gasteiger partial charge in [0.05, 0.1) is 26.2 Å². The van der Waals surface area contributed by atoms with Crippen LogP contribution in [-0.4, -0.2) is 49.1 Å². The molecule has 1 fully saturated rings. The van der Waals surface area contributed by atoms with Crippen molar-refractivity contribution in [2.45, 2.75) is 70.7 Å². The Hall–Kier alpha value is -0.340. The predicted octanol–water partition coefficient (Wildman–Crippen LogP) is 4.03. The number of unbranched alkanes of at least 4 members (excludes halogenated alkanes) is 3. The number of alkyl halides is 3. The first-order valence-corrected chi connectivity index (χ1v) is 9.86. The van der Waals surface area contributed by atoms with Gasteiger partial charge in [-0.05, 0) is 38.5 Å². The Bertz CT molecular complexity index is 405. The Labute approximate surface area is 138 Å². The normalized spacial score (nSPS) is 18.2. The third-order valence-electron chi connectivity index (χ3n) is 4.27. The standard InChI is InChI=1S/C14H30N.CHF3O3S/c1-3-5-8-12-15(11-6-4-2)13-9-7-10-14-15;2-1(3,4)8(5,6)7/h3-14H2,1-2H3;(H,5,6,7)/q+1;/p-1. The van der Waals surface area contributed by atoms with Crippen molar-refractivity contribution in [3.63, 3.8) is 0 Å². The fourth-order valence-electron chi connectivity index (χ4n) is 2.93. The van der Waals surface area contributed by atoms with Gasteiger partial charge in [-0.2, -0.15) is 13.2 Å². The molecule has 0 saturated carbocycles. The molecule has 1 rings (SSSR count). The highest BCUT2D eigenvalue weighted by Gasteiger charge is 2.36. The third kappa shape index (κ3) is 9.52. The predicted molar refractivity (Wildman–Crippen MR) is 83.8 cm³/mol. The van der Waals surface area contributed by atoms with Crippen LogP contribution in [0.4, 0.5) is 13.2 Å². The van der Waals surface area contributed by atoms with Crippen molar-refractivity contribution in [1.29, 1.82) is 0 Å². The SMILES string of the molecule is CCCCC[N+]1(CCCC)CCCCC1.O=S(=O)([O-])C(F)(F)F. The summed E-state index contributed by atoms with van der Waals surface area (Å²) in [5.74, 6) is 0. The van der Waals surface area contributed by atoms with E-state index in [0.717, 1.165) is 0 Å². The Kier molecular flexibility index (Phi) is 10.4. The van der Waals surface area contributed by atoms with Gasteiger partial charge < -0.3 is 9.04 Å². The Morgan fingerprint density at radius 1 is 0.913 bits per heavy atom. The van der Waals surface area contributed by atoms with Gasteiger partial charge in [-0.15, -0.1) is 0 Å². The van der Waals surface area contributed by atoms with Gasteiger partial charge in [-0.1, -0.05) is 26.7 Å². The first-order valence-electron chi connectivity index (χ1n) is 8.45. The zero-order chi connectivity index (χ0) is 18.0. The van der Waals surface area contributed by atoms with E-state index in [-0.39, 0.29) is 0 Å². The fraction of sp³-hybridized carbons (Fsp3) is 1.00. The number of nitrogens with zero attached hydrogens (tertiary/aromatic N) is 1. The molecule has 1 saturated heterocycles. The summed E-state index contributed by atoms with van der Waals surface area (Å²) >= 11 is 0. The molecule has 1 aliphatic heterocycles. The maximum atomic E-state index is 10.7. The van der Waals surface area contributed by atoms with Gasteiger partial charge in [0.2, 0.25) is 0 Å². The van der Waals surface area contributed by atoms with Gasteiger partial charge in [0, 0.05) is 0 Å². The molecule has 23 heavy (non-hydrogen) atoms. The number of hydrogen-bond donors (Lipinski definition) is 0. The highest BCUT2D eigenvalue weighted by Crippen LogP contribution is 2.21. The van der Waals surface area contributed by atoms with Crippen molar-refractivity contribution in [2.24, 2.45) is 0 Å². The zero-order valence-electron chi connectivity index (χ0n) is 14.2. The second-order valence-corrected chi connectivity index (χ2v) is 7.63. The summed E-state index contributed by atoms with van der Waals surface area (Å²) in [6.07, 6.45) is 11.5. The second kappa shape index (κ2) is 10.5. The van der Waals surface area contributed by atoms with Crippen molar-refractivity contribution in [3.05, 3.63) is 0 Å². The molecule has 140 valence electrons. The van der Waals surface area contributed by atoms with Crippen LogP contribution in [0.3, 0.4) is 0 Å². The van der Waals surface area contributed by atoms with Crippen LogP contribution in [0, 0.1) is 0 Å². The van der Waals surface area contributed by atoms with Gasteiger partial charge in [-0.3, -0.25) is 0 Å². The maximum Gasteiger partial charge on any atom is 0.485 e. The van der Waals surface area contributed by atoms with Gasteiger partial charge in [-0.25, -0.2) is 8.42 Å². The van der Waals surface area contributed by atoms with Gasteiger partial charge in [0.15, 0.2) is 10.1 Å². The highest BCUT2D eigenvalue weighted by molar-refractivity contribution is 7.86. The average Bonchev–Trinajstić information content (AvgIpc) is 2.45. The Balaban J connectivity index is 0.000000515. The number of quaternary nitrogens is 1. The van der Waals surface area contributed by atoms with Crippen molar-refractivity contribution >= 4 is 10.1 Å². The lowest BCUT2D eigenvalue weighted by atomic mass is 10.0. The van der Waals surface area contributed by atoms with E-state index in [2.05, 4.69) is 13.8 Å². The van der Waals surface area contributed by atoms with Crippen LogP contribution in [0.2, 0.25) is 0 Å². The first kappa shape index (κ1) is 22.7. The summed E-state index contributed by atoms with van der Waals surface area (Å²) in [4.78, 5) is 0. The van der Waals surface area contributed by atoms with Crippen molar-refractivity contribution < 1.29 is 30.6 Å². The lowest BCUT2D eigenvalue weighted by Crippen LogP contribution is -2.52. The molecule has 0 spiro atoms. The van der Waals surface area contributed by atoms with E-state index in [9.17, 15) is 13.2 Å². The van der Waals surface area contributed by atoms with Gasteiger partial charge in [0.25, 0.3) is 0 Å². The lowest BCUT2D eigenvalue weighted by molar-refractivity contribution is -0.932. The number of rotatable bonds is 7. The molecule has 0 amide bonds. The largest absolute Gasteiger partial charge is 0.741 e. The van der Waals surface area contributed by atoms with Crippen LogP contribution in [0.15, 0.2) is 0 Å². The van der Waals surface area contributed by atoms with Crippen LogP contribution in [0.25, 0.3) is 0 Å². The smallest absolute Gasteiger partial charge is 0.485 e. The molecule has 0 aliphatic carbocycles. The molecule has 0 aromatic heterocycles. The van der Waals surface area contributed by atoms with E-state index in [1.54, 1.807) is 0 Å².